The van der Waals surface area contributed by atoms with Crippen molar-refractivity contribution in [1.82, 2.24) is 9.78 Å². The van der Waals surface area contributed by atoms with E-state index in [4.69, 9.17) is 5.11 Å². The van der Waals surface area contributed by atoms with Crippen molar-refractivity contribution in [2.75, 3.05) is 0 Å². The largest absolute Gasteiger partial charge is 0.481 e. The summed E-state index contributed by atoms with van der Waals surface area (Å²) in [4.78, 5) is 11.0. The fourth-order valence-corrected chi connectivity index (χ4v) is 1.50. The van der Waals surface area contributed by atoms with Crippen molar-refractivity contribution in [2.24, 2.45) is 11.3 Å². The lowest BCUT2D eigenvalue weighted by Crippen LogP contribution is -2.26. The van der Waals surface area contributed by atoms with Crippen molar-refractivity contribution >= 4 is 5.97 Å². The molecule has 1 N–H and O–H groups in total. The molecule has 0 atom stereocenters. The third-order valence-electron chi connectivity index (χ3n) is 2.45. The highest BCUT2D eigenvalue weighted by Gasteiger charge is 2.28. The van der Waals surface area contributed by atoms with Gasteiger partial charge >= 0.3 is 5.97 Å². The lowest BCUT2D eigenvalue weighted by molar-refractivity contribution is -0.146. The molecular formula is C12H20N2O2. The highest BCUT2D eigenvalue weighted by molar-refractivity contribution is 5.73. The first-order valence-corrected chi connectivity index (χ1v) is 5.57. The first-order valence-electron chi connectivity index (χ1n) is 5.57. The van der Waals surface area contributed by atoms with Gasteiger partial charge in [-0.05, 0) is 25.8 Å². The van der Waals surface area contributed by atoms with Gasteiger partial charge in [-0.1, -0.05) is 13.8 Å². The predicted octanol–water partition coefficient (Wildman–Crippen LogP) is 2.19. The summed E-state index contributed by atoms with van der Waals surface area (Å²) >= 11 is 0. The van der Waals surface area contributed by atoms with Crippen molar-refractivity contribution in [2.45, 2.75) is 40.7 Å². The number of aromatic nitrogens is 2. The Morgan fingerprint density at radius 3 is 2.69 bits per heavy atom. The monoisotopic (exact) mass is 224 g/mol. The number of nitrogens with zero attached hydrogens (tertiary/aromatic N) is 2. The van der Waals surface area contributed by atoms with E-state index in [0.29, 0.717) is 12.3 Å². The van der Waals surface area contributed by atoms with Gasteiger partial charge in [0.15, 0.2) is 0 Å². The van der Waals surface area contributed by atoms with Gasteiger partial charge in [0.05, 0.1) is 11.1 Å². The molecule has 4 nitrogen and oxygen atoms in total. The summed E-state index contributed by atoms with van der Waals surface area (Å²) in [7, 11) is 0. The molecule has 1 rings (SSSR count). The second-order valence-electron chi connectivity index (χ2n) is 5.29. The molecule has 0 spiro atoms. The smallest absolute Gasteiger partial charge is 0.309 e. The Labute approximate surface area is 96.3 Å². The number of carboxylic acid groups (broad SMARTS) is 1. The number of carbonyl (C=O) groups is 1. The summed E-state index contributed by atoms with van der Waals surface area (Å²) in [6.07, 6.45) is 2.38. The molecule has 0 aromatic carbocycles. The fraction of sp³-hybridized carbons (Fsp3) is 0.667. The maximum Gasteiger partial charge on any atom is 0.309 e. The van der Waals surface area contributed by atoms with Gasteiger partial charge in [0.1, 0.15) is 0 Å². The summed E-state index contributed by atoms with van der Waals surface area (Å²) < 4.78 is 1.87. The molecular weight excluding hydrogens is 204 g/mol. The van der Waals surface area contributed by atoms with Crippen LogP contribution in [0.3, 0.4) is 0 Å². The summed E-state index contributed by atoms with van der Waals surface area (Å²) in [6.45, 7) is 8.56. The molecule has 0 saturated heterocycles. The second kappa shape index (κ2) is 4.68. The molecule has 0 aliphatic rings. The molecule has 0 saturated carbocycles. The molecule has 0 unspecified atom stereocenters. The zero-order valence-electron chi connectivity index (χ0n) is 10.4. The van der Waals surface area contributed by atoms with Crippen molar-refractivity contribution in [1.29, 1.82) is 0 Å². The first-order chi connectivity index (χ1) is 7.31. The van der Waals surface area contributed by atoms with E-state index in [2.05, 4.69) is 18.9 Å². The molecule has 0 bridgehead atoms. The summed E-state index contributed by atoms with van der Waals surface area (Å²) in [5, 5.41) is 13.4. The van der Waals surface area contributed by atoms with E-state index in [0.717, 1.165) is 12.2 Å². The average molecular weight is 224 g/mol. The minimum absolute atomic E-state index is 0.466. The molecule has 1 aromatic rings. The molecule has 0 fully saturated rings. The quantitative estimate of drug-likeness (QED) is 0.834. The van der Waals surface area contributed by atoms with Gasteiger partial charge in [-0.2, -0.15) is 5.10 Å². The van der Waals surface area contributed by atoms with E-state index in [1.165, 1.54) is 0 Å². The van der Waals surface area contributed by atoms with Crippen LogP contribution in [-0.2, 0) is 17.8 Å². The normalized spacial score (nSPS) is 12.1. The van der Waals surface area contributed by atoms with Crippen molar-refractivity contribution in [3.8, 4) is 0 Å². The van der Waals surface area contributed by atoms with Crippen LogP contribution in [0, 0.1) is 11.3 Å². The molecule has 16 heavy (non-hydrogen) atoms. The summed E-state index contributed by atoms with van der Waals surface area (Å²) in [6, 6.07) is 1.90. The Hall–Kier alpha value is -1.32. The molecule has 0 radical (unpaired) electrons. The number of hydrogen-bond acceptors (Lipinski definition) is 2. The van der Waals surface area contributed by atoms with Crippen molar-refractivity contribution in [3.63, 3.8) is 0 Å². The number of rotatable bonds is 5. The minimum atomic E-state index is -0.786. The SMILES string of the molecule is CC(C)Cn1ccc(CC(C)(C)C(=O)O)n1. The molecule has 0 aliphatic heterocycles. The standard InChI is InChI=1S/C12H20N2O2/c1-9(2)8-14-6-5-10(13-14)7-12(3,4)11(15)16/h5-6,9H,7-8H2,1-4H3,(H,15,16). The molecule has 1 aromatic heterocycles. The van der Waals surface area contributed by atoms with Crippen LogP contribution in [0.4, 0.5) is 0 Å². The van der Waals surface area contributed by atoms with Crippen LogP contribution in [0.2, 0.25) is 0 Å². The maximum atomic E-state index is 11.0. The van der Waals surface area contributed by atoms with Crippen LogP contribution in [0.15, 0.2) is 12.3 Å². The van der Waals surface area contributed by atoms with Crippen LogP contribution in [0.1, 0.15) is 33.4 Å². The minimum Gasteiger partial charge on any atom is -0.481 e. The fourth-order valence-electron chi connectivity index (χ4n) is 1.50. The van der Waals surface area contributed by atoms with Gasteiger partial charge < -0.3 is 5.11 Å². The van der Waals surface area contributed by atoms with E-state index in [1.54, 1.807) is 13.8 Å². The summed E-state index contributed by atoms with van der Waals surface area (Å²) in [5.74, 6) is -0.244. The first kappa shape index (κ1) is 12.7. The van der Waals surface area contributed by atoms with Gasteiger partial charge in [-0.25, -0.2) is 0 Å². The van der Waals surface area contributed by atoms with Crippen LogP contribution < -0.4 is 0 Å². The van der Waals surface area contributed by atoms with Gasteiger partial charge in [-0.15, -0.1) is 0 Å². The number of aliphatic carboxylic acids is 1. The third kappa shape index (κ3) is 3.36. The Kier molecular flexibility index (Phi) is 3.73. The Bertz CT molecular complexity index is 367. The Morgan fingerprint density at radius 2 is 2.19 bits per heavy atom. The highest BCUT2D eigenvalue weighted by Crippen LogP contribution is 2.21. The lowest BCUT2D eigenvalue weighted by atomic mass is 9.88. The predicted molar refractivity (Wildman–Crippen MR) is 62.2 cm³/mol. The highest BCUT2D eigenvalue weighted by atomic mass is 16.4. The van der Waals surface area contributed by atoms with Gasteiger partial charge in [0.2, 0.25) is 0 Å². The zero-order chi connectivity index (χ0) is 12.3. The molecule has 0 aliphatic carbocycles. The van der Waals surface area contributed by atoms with Gasteiger partial charge in [-0.3, -0.25) is 9.48 Å². The zero-order valence-corrected chi connectivity index (χ0v) is 10.4. The number of hydrogen-bond donors (Lipinski definition) is 1. The third-order valence-corrected chi connectivity index (χ3v) is 2.45. The second-order valence-corrected chi connectivity index (χ2v) is 5.29. The van der Waals surface area contributed by atoms with E-state index in [1.807, 2.05) is 16.9 Å². The molecule has 4 heteroatoms. The van der Waals surface area contributed by atoms with E-state index < -0.39 is 11.4 Å². The van der Waals surface area contributed by atoms with Gasteiger partial charge in [0, 0.05) is 19.2 Å². The Balaban J connectivity index is 2.69. The summed E-state index contributed by atoms with van der Waals surface area (Å²) in [5.41, 5.74) is 0.0878. The topological polar surface area (TPSA) is 55.1 Å². The van der Waals surface area contributed by atoms with E-state index in [9.17, 15) is 4.79 Å². The average Bonchev–Trinajstić information content (AvgIpc) is 2.50. The van der Waals surface area contributed by atoms with Crippen LogP contribution in [0.5, 0.6) is 0 Å². The lowest BCUT2D eigenvalue weighted by Gasteiger charge is -2.17. The van der Waals surface area contributed by atoms with Crippen molar-refractivity contribution < 1.29 is 9.90 Å². The molecule has 90 valence electrons. The molecule has 1 heterocycles. The van der Waals surface area contributed by atoms with Crippen molar-refractivity contribution in [3.05, 3.63) is 18.0 Å². The van der Waals surface area contributed by atoms with Gasteiger partial charge in [0.25, 0.3) is 0 Å². The number of carboxylic acids is 1. The Morgan fingerprint density at radius 1 is 1.56 bits per heavy atom. The van der Waals surface area contributed by atoms with E-state index >= 15 is 0 Å². The van der Waals surface area contributed by atoms with Crippen LogP contribution in [0.25, 0.3) is 0 Å². The van der Waals surface area contributed by atoms with Crippen LogP contribution >= 0.6 is 0 Å². The molecule has 0 amide bonds. The maximum absolute atomic E-state index is 11.0. The van der Waals surface area contributed by atoms with E-state index in [-0.39, 0.29) is 0 Å². The van der Waals surface area contributed by atoms with Crippen LogP contribution in [-0.4, -0.2) is 20.9 Å².